The van der Waals surface area contributed by atoms with Crippen molar-refractivity contribution in [2.75, 3.05) is 20.3 Å². The van der Waals surface area contributed by atoms with Gasteiger partial charge in [-0.1, -0.05) is 45.0 Å². The SMILES string of the molecule is CCOc1cncc(-c2ccccc2[C@H]2[C@@H](OCc3cc(C(F)(F)F)cnc3OC)[C@H](C(C)(C)C)[C@@H](C(=O)O)N2C(=O)[C@@H]2CCCCO2)c1. The fourth-order valence-electron chi connectivity index (χ4n) is 6.97. The average Bonchev–Trinajstić information content (AvgIpc) is 3.43. The Bertz CT molecular complexity index is 1640. The van der Waals surface area contributed by atoms with Gasteiger partial charge in [0, 0.05) is 36.0 Å². The lowest BCUT2D eigenvalue weighted by molar-refractivity contribution is -0.159. The molecule has 0 aliphatic carbocycles. The number of carbonyl (C=O) groups is 2. The molecule has 5 atom stereocenters. The standard InChI is InChI=1S/C36H42F3N3O7/c1-6-47-24-16-21(17-40-19-24)25-11-7-8-12-26(25)29-31(49-20-22-15-23(36(37,38)39)18-41-32(22)46-5)28(35(2,3)4)30(34(44)45)42(29)33(43)27-13-9-10-14-48-27/h7-8,11-12,15-19,27-31H,6,9-10,13-14,20H2,1-5H3,(H,44,45)/t27-,28+,29-,30-,31-/m0/s1. The van der Waals surface area contributed by atoms with E-state index >= 15 is 0 Å². The Morgan fingerprint density at radius 2 is 1.84 bits per heavy atom. The molecule has 0 radical (unpaired) electrons. The molecule has 1 aromatic carbocycles. The summed E-state index contributed by atoms with van der Waals surface area (Å²) in [6, 6.07) is 7.65. The average molecular weight is 686 g/mol. The third-order valence-corrected chi connectivity index (χ3v) is 9.06. The molecule has 0 bridgehead atoms. The van der Waals surface area contributed by atoms with E-state index in [1.165, 1.54) is 12.0 Å². The highest BCUT2D eigenvalue weighted by molar-refractivity contribution is 5.89. The number of methoxy groups -OCH3 is 1. The van der Waals surface area contributed by atoms with Gasteiger partial charge in [-0.3, -0.25) is 9.78 Å². The number of carbonyl (C=O) groups excluding carboxylic acids is 1. The molecule has 264 valence electrons. The number of ether oxygens (including phenoxy) is 4. The summed E-state index contributed by atoms with van der Waals surface area (Å²) in [7, 11) is 1.29. The highest BCUT2D eigenvalue weighted by Crippen LogP contribution is 2.52. The zero-order valence-electron chi connectivity index (χ0n) is 28.2. The van der Waals surface area contributed by atoms with Gasteiger partial charge in [0.2, 0.25) is 5.88 Å². The molecule has 1 N–H and O–H groups in total. The minimum absolute atomic E-state index is 0.0258. The van der Waals surface area contributed by atoms with Crippen molar-refractivity contribution < 1.29 is 46.8 Å². The van der Waals surface area contributed by atoms with E-state index in [2.05, 4.69) is 9.97 Å². The molecule has 2 fully saturated rings. The van der Waals surface area contributed by atoms with Gasteiger partial charge in [0.25, 0.3) is 5.91 Å². The summed E-state index contributed by atoms with van der Waals surface area (Å²) in [6.45, 7) is 7.82. The van der Waals surface area contributed by atoms with Crippen LogP contribution >= 0.6 is 0 Å². The van der Waals surface area contributed by atoms with Crippen molar-refractivity contribution in [2.45, 2.75) is 84.0 Å². The molecule has 2 aliphatic rings. The number of nitrogens with zero attached hydrogens (tertiary/aromatic N) is 3. The first-order valence-corrected chi connectivity index (χ1v) is 16.3. The highest BCUT2D eigenvalue weighted by atomic mass is 19.4. The van der Waals surface area contributed by atoms with E-state index in [4.69, 9.17) is 18.9 Å². The molecule has 4 heterocycles. The van der Waals surface area contributed by atoms with Crippen molar-refractivity contribution in [1.29, 1.82) is 0 Å². The predicted molar refractivity (Wildman–Crippen MR) is 173 cm³/mol. The second kappa shape index (κ2) is 14.7. The number of alkyl halides is 3. The van der Waals surface area contributed by atoms with Crippen LogP contribution in [0.25, 0.3) is 11.1 Å². The number of benzene rings is 1. The molecule has 0 saturated carbocycles. The van der Waals surface area contributed by atoms with E-state index in [9.17, 15) is 27.9 Å². The van der Waals surface area contributed by atoms with Crippen LogP contribution in [0.3, 0.4) is 0 Å². The smallest absolute Gasteiger partial charge is 0.417 e. The third kappa shape index (κ3) is 7.67. The third-order valence-electron chi connectivity index (χ3n) is 9.06. The van der Waals surface area contributed by atoms with Gasteiger partial charge < -0.3 is 29.0 Å². The van der Waals surface area contributed by atoms with E-state index in [1.54, 1.807) is 18.5 Å². The first kappa shape index (κ1) is 36.1. The first-order valence-electron chi connectivity index (χ1n) is 16.3. The number of aliphatic carboxylic acids is 1. The molecule has 1 amide bonds. The van der Waals surface area contributed by atoms with Crippen LogP contribution in [0.1, 0.15) is 69.7 Å². The van der Waals surface area contributed by atoms with Gasteiger partial charge in [0.15, 0.2) is 0 Å². The number of pyridine rings is 2. The van der Waals surface area contributed by atoms with E-state index < -0.39 is 65.8 Å². The van der Waals surface area contributed by atoms with Crippen molar-refractivity contribution in [3.8, 4) is 22.8 Å². The minimum Gasteiger partial charge on any atom is -0.492 e. The number of amides is 1. The molecule has 5 rings (SSSR count). The van der Waals surface area contributed by atoms with Gasteiger partial charge in [-0.2, -0.15) is 13.2 Å². The second-order valence-electron chi connectivity index (χ2n) is 13.3. The molecule has 0 spiro atoms. The summed E-state index contributed by atoms with van der Waals surface area (Å²) < 4.78 is 64.7. The van der Waals surface area contributed by atoms with Crippen LogP contribution in [0.4, 0.5) is 13.2 Å². The quantitative estimate of drug-likeness (QED) is 0.248. The zero-order chi connectivity index (χ0) is 35.5. The lowest BCUT2D eigenvalue weighted by Crippen LogP contribution is -2.51. The van der Waals surface area contributed by atoms with Crippen LogP contribution in [0.5, 0.6) is 11.6 Å². The van der Waals surface area contributed by atoms with Crippen LogP contribution < -0.4 is 9.47 Å². The monoisotopic (exact) mass is 685 g/mol. The Morgan fingerprint density at radius 1 is 1.08 bits per heavy atom. The van der Waals surface area contributed by atoms with Crippen LogP contribution in [0.15, 0.2) is 55.0 Å². The maximum absolute atomic E-state index is 14.5. The molecule has 10 nitrogen and oxygen atoms in total. The Kier molecular flexibility index (Phi) is 10.8. The predicted octanol–water partition coefficient (Wildman–Crippen LogP) is 6.72. The number of rotatable bonds is 10. The van der Waals surface area contributed by atoms with Crippen molar-refractivity contribution in [1.82, 2.24) is 14.9 Å². The largest absolute Gasteiger partial charge is 0.492 e. The maximum atomic E-state index is 14.5. The summed E-state index contributed by atoms with van der Waals surface area (Å²) in [4.78, 5) is 37.4. The fourth-order valence-corrected chi connectivity index (χ4v) is 6.97. The highest BCUT2D eigenvalue weighted by Gasteiger charge is 2.60. The molecule has 0 unspecified atom stereocenters. The van der Waals surface area contributed by atoms with Gasteiger partial charge in [0.05, 0.1) is 44.2 Å². The number of hydrogen-bond donors (Lipinski definition) is 1. The Hall–Kier alpha value is -4.23. The molecule has 49 heavy (non-hydrogen) atoms. The van der Waals surface area contributed by atoms with E-state index in [0.717, 1.165) is 18.9 Å². The van der Waals surface area contributed by atoms with E-state index in [0.29, 0.717) is 48.3 Å². The summed E-state index contributed by atoms with van der Waals surface area (Å²) in [6.07, 6.45) is -0.665. The van der Waals surface area contributed by atoms with Gasteiger partial charge in [-0.15, -0.1) is 0 Å². The fraction of sp³-hybridized carbons (Fsp3) is 0.500. The summed E-state index contributed by atoms with van der Waals surface area (Å²) in [5.74, 6) is -2.05. The molecule has 2 saturated heterocycles. The minimum atomic E-state index is -4.67. The Labute approximate surface area is 283 Å². The number of carboxylic acids is 1. The van der Waals surface area contributed by atoms with Crippen LogP contribution in [0.2, 0.25) is 0 Å². The number of aromatic nitrogens is 2. The maximum Gasteiger partial charge on any atom is 0.417 e. The Morgan fingerprint density at radius 3 is 2.47 bits per heavy atom. The van der Waals surface area contributed by atoms with Crippen LogP contribution in [0, 0.1) is 11.3 Å². The van der Waals surface area contributed by atoms with Gasteiger partial charge in [-0.25, -0.2) is 9.78 Å². The lowest BCUT2D eigenvalue weighted by Gasteiger charge is -2.35. The molecular weight excluding hydrogens is 643 g/mol. The van der Waals surface area contributed by atoms with Crippen molar-refractivity contribution in [3.05, 3.63) is 71.7 Å². The van der Waals surface area contributed by atoms with Gasteiger partial charge >= 0.3 is 12.1 Å². The normalized spacial score (nSPS) is 22.9. The molecule has 3 aromatic rings. The zero-order valence-corrected chi connectivity index (χ0v) is 28.2. The molecular formula is C36H42F3N3O7. The summed E-state index contributed by atoms with van der Waals surface area (Å²) in [5.41, 5.74) is 0.197. The number of carboxylic acid groups (broad SMARTS) is 1. The van der Waals surface area contributed by atoms with E-state index in [-0.39, 0.29) is 11.4 Å². The number of halogens is 3. The van der Waals surface area contributed by atoms with Crippen molar-refractivity contribution in [2.24, 2.45) is 11.3 Å². The number of likely N-dealkylation sites (tertiary alicyclic amines) is 1. The van der Waals surface area contributed by atoms with Gasteiger partial charge in [0.1, 0.15) is 17.9 Å². The Balaban J connectivity index is 1.70. The first-order chi connectivity index (χ1) is 23.3. The van der Waals surface area contributed by atoms with Crippen LogP contribution in [-0.4, -0.2) is 70.4 Å². The number of hydrogen-bond acceptors (Lipinski definition) is 8. The van der Waals surface area contributed by atoms with Gasteiger partial charge in [-0.05, 0) is 54.9 Å². The lowest BCUT2D eigenvalue weighted by atomic mass is 9.73. The van der Waals surface area contributed by atoms with E-state index in [1.807, 2.05) is 52.0 Å². The second-order valence-corrected chi connectivity index (χ2v) is 13.3. The summed E-state index contributed by atoms with van der Waals surface area (Å²) >= 11 is 0. The molecule has 13 heteroatoms. The molecule has 2 aliphatic heterocycles. The molecule has 2 aromatic heterocycles. The topological polar surface area (TPSA) is 120 Å². The van der Waals surface area contributed by atoms with Crippen molar-refractivity contribution in [3.63, 3.8) is 0 Å². The summed E-state index contributed by atoms with van der Waals surface area (Å²) in [5, 5.41) is 10.9. The van der Waals surface area contributed by atoms with Crippen LogP contribution in [-0.2, 0) is 31.8 Å². The van der Waals surface area contributed by atoms with Crippen molar-refractivity contribution >= 4 is 11.9 Å².